The van der Waals surface area contributed by atoms with Crippen LogP contribution in [0.1, 0.15) is 18.9 Å². The Hall–Kier alpha value is -2.33. The number of nitrogens with one attached hydrogen (secondary N) is 2. The van der Waals surface area contributed by atoms with Crippen molar-refractivity contribution in [2.24, 2.45) is 11.8 Å². The van der Waals surface area contributed by atoms with Gasteiger partial charge in [-0.05, 0) is 48.7 Å². The van der Waals surface area contributed by atoms with Gasteiger partial charge in [0, 0.05) is 16.4 Å². The van der Waals surface area contributed by atoms with Crippen LogP contribution in [-0.4, -0.2) is 11.8 Å². The molecule has 4 nitrogen and oxygen atoms in total. The smallest absolute Gasteiger partial charge is 0.228 e. The fourth-order valence-electron chi connectivity index (χ4n) is 2.63. The molecule has 0 heterocycles. The van der Waals surface area contributed by atoms with E-state index >= 15 is 0 Å². The highest BCUT2D eigenvalue weighted by Crippen LogP contribution is 2.40. The van der Waals surface area contributed by atoms with Crippen molar-refractivity contribution in [1.82, 2.24) is 0 Å². The molecule has 0 bridgehead atoms. The average molecular weight is 343 g/mol. The highest BCUT2D eigenvalue weighted by atomic mass is 35.5. The summed E-state index contributed by atoms with van der Waals surface area (Å²) in [4.78, 5) is 24.4. The van der Waals surface area contributed by atoms with Crippen molar-refractivity contribution in [3.63, 3.8) is 0 Å². The molecule has 0 radical (unpaired) electrons. The Morgan fingerprint density at radius 1 is 1.00 bits per heavy atom. The van der Waals surface area contributed by atoms with Gasteiger partial charge in [-0.15, -0.1) is 0 Å². The summed E-state index contributed by atoms with van der Waals surface area (Å²) in [5.41, 5.74) is 2.63. The number of amides is 2. The molecule has 2 aromatic carbocycles. The number of rotatable bonds is 5. The van der Waals surface area contributed by atoms with E-state index < -0.39 is 0 Å². The van der Waals surface area contributed by atoms with E-state index in [0.29, 0.717) is 17.1 Å². The summed E-state index contributed by atoms with van der Waals surface area (Å²) < 4.78 is 0. The summed E-state index contributed by atoms with van der Waals surface area (Å²) in [5.74, 6) is -0.793. The topological polar surface area (TPSA) is 58.2 Å². The molecule has 0 saturated heterocycles. The Labute approximate surface area is 146 Å². The molecule has 1 fully saturated rings. The molecule has 1 aliphatic carbocycles. The fraction of sp³-hybridized carbons (Fsp3) is 0.263. The van der Waals surface area contributed by atoms with Gasteiger partial charge in [-0.3, -0.25) is 9.59 Å². The summed E-state index contributed by atoms with van der Waals surface area (Å²) in [6.45, 7) is 2.08. The molecule has 2 aromatic rings. The molecule has 2 unspecified atom stereocenters. The lowest BCUT2D eigenvalue weighted by molar-refractivity contribution is -0.122. The van der Waals surface area contributed by atoms with E-state index in [1.165, 1.54) is 5.56 Å². The molecule has 1 saturated carbocycles. The van der Waals surface area contributed by atoms with E-state index in [4.69, 9.17) is 11.6 Å². The molecule has 0 spiro atoms. The number of halogens is 1. The predicted octanol–water partition coefficient (Wildman–Crippen LogP) is 4.12. The average Bonchev–Trinajstić information content (AvgIpc) is 3.36. The summed E-state index contributed by atoms with van der Waals surface area (Å²) in [6, 6.07) is 14.7. The number of carbonyl (C=O) groups is 2. The maximum Gasteiger partial charge on any atom is 0.228 e. The molecule has 5 heteroatoms. The summed E-state index contributed by atoms with van der Waals surface area (Å²) in [7, 11) is 0. The van der Waals surface area contributed by atoms with Crippen LogP contribution < -0.4 is 10.6 Å². The third kappa shape index (κ3) is 3.95. The van der Waals surface area contributed by atoms with Gasteiger partial charge in [0.15, 0.2) is 0 Å². The normalized spacial score (nSPS) is 18.8. The minimum absolute atomic E-state index is 0.106. The van der Waals surface area contributed by atoms with Crippen molar-refractivity contribution in [1.29, 1.82) is 0 Å². The van der Waals surface area contributed by atoms with Crippen LogP contribution in [0.5, 0.6) is 0 Å². The molecular weight excluding hydrogens is 324 g/mol. The Kier molecular flexibility index (Phi) is 4.86. The van der Waals surface area contributed by atoms with Crippen molar-refractivity contribution in [3.8, 4) is 0 Å². The molecule has 3 rings (SSSR count). The first kappa shape index (κ1) is 16.5. The predicted molar refractivity (Wildman–Crippen MR) is 96.1 cm³/mol. The van der Waals surface area contributed by atoms with E-state index in [0.717, 1.165) is 12.1 Å². The maximum absolute atomic E-state index is 12.2. The number of carbonyl (C=O) groups excluding carboxylic acids is 2. The van der Waals surface area contributed by atoms with Gasteiger partial charge in [0.1, 0.15) is 0 Å². The second-order valence-electron chi connectivity index (χ2n) is 5.99. The van der Waals surface area contributed by atoms with Crippen molar-refractivity contribution < 1.29 is 9.59 Å². The van der Waals surface area contributed by atoms with E-state index in [2.05, 4.69) is 17.6 Å². The monoisotopic (exact) mass is 342 g/mol. The Morgan fingerprint density at radius 2 is 1.62 bits per heavy atom. The van der Waals surface area contributed by atoms with E-state index in [1.807, 2.05) is 24.3 Å². The SMILES string of the molecule is CCc1ccc(NC(=O)C2CC2C(=O)Nc2cccc(Cl)c2)cc1. The highest BCUT2D eigenvalue weighted by Gasteiger charge is 2.48. The quantitative estimate of drug-likeness (QED) is 0.858. The van der Waals surface area contributed by atoms with Gasteiger partial charge in [-0.2, -0.15) is 0 Å². The van der Waals surface area contributed by atoms with Gasteiger partial charge in [-0.1, -0.05) is 36.7 Å². The molecular formula is C19H19ClN2O2. The Bertz CT molecular complexity index is 758. The molecule has 24 heavy (non-hydrogen) atoms. The van der Waals surface area contributed by atoms with Crippen LogP contribution in [0.2, 0.25) is 5.02 Å². The third-order valence-electron chi connectivity index (χ3n) is 4.19. The first-order chi connectivity index (χ1) is 11.6. The van der Waals surface area contributed by atoms with Gasteiger partial charge in [0.2, 0.25) is 11.8 Å². The largest absolute Gasteiger partial charge is 0.326 e. The van der Waals surface area contributed by atoms with Gasteiger partial charge in [0.25, 0.3) is 0 Å². The number of aryl methyl sites for hydroxylation is 1. The lowest BCUT2D eigenvalue weighted by atomic mass is 10.1. The van der Waals surface area contributed by atoms with Crippen LogP contribution in [0.3, 0.4) is 0 Å². The van der Waals surface area contributed by atoms with Crippen LogP contribution in [-0.2, 0) is 16.0 Å². The second kappa shape index (κ2) is 7.05. The molecule has 2 N–H and O–H groups in total. The van der Waals surface area contributed by atoms with Crippen LogP contribution >= 0.6 is 11.6 Å². The zero-order valence-corrected chi connectivity index (χ0v) is 14.1. The van der Waals surface area contributed by atoms with Crippen molar-refractivity contribution in [3.05, 3.63) is 59.1 Å². The van der Waals surface area contributed by atoms with Gasteiger partial charge >= 0.3 is 0 Å². The first-order valence-electron chi connectivity index (χ1n) is 8.03. The summed E-state index contributed by atoms with van der Waals surface area (Å²) >= 11 is 5.90. The zero-order valence-electron chi connectivity index (χ0n) is 13.4. The van der Waals surface area contributed by atoms with Gasteiger partial charge in [-0.25, -0.2) is 0 Å². The van der Waals surface area contributed by atoms with Crippen LogP contribution in [0.4, 0.5) is 11.4 Å². The fourth-order valence-corrected chi connectivity index (χ4v) is 2.82. The highest BCUT2D eigenvalue weighted by molar-refractivity contribution is 6.30. The first-order valence-corrected chi connectivity index (χ1v) is 8.41. The van der Waals surface area contributed by atoms with Crippen molar-refractivity contribution >= 4 is 34.8 Å². The minimum atomic E-state index is -0.279. The van der Waals surface area contributed by atoms with Crippen LogP contribution in [0.25, 0.3) is 0 Å². The minimum Gasteiger partial charge on any atom is -0.326 e. The summed E-state index contributed by atoms with van der Waals surface area (Å²) in [6.07, 6.45) is 1.54. The van der Waals surface area contributed by atoms with Crippen LogP contribution in [0, 0.1) is 11.8 Å². The molecule has 124 valence electrons. The standard InChI is InChI=1S/C19H19ClN2O2/c1-2-12-6-8-14(9-7-12)21-18(23)16-11-17(16)19(24)22-15-5-3-4-13(20)10-15/h3-10,16-17H,2,11H2,1H3,(H,21,23)(H,22,24). The summed E-state index contributed by atoms with van der Waals surface area (Å²) in [5, 5.41) is 6.24. The zero-order chi connectivity index (χ0) is 17.1. The second-order valence-corrected chi connectivity index (χ2v) is 6.42. The lowest BCUT2D eigenvalue weighted by Crippen LogP contribution is -2.20. The van der Waals surface area contributed by atoms with Crippen molar-refractivity contribution in [2.75, 3.05) is 10.6 Å². The molecule has 0 aliphatic heterocycles. The van der Waals surface area contributed by atoms with E-state index in [-0.39, 0.29) is 23.7 Å². The number of benzene rings is 2. The van der Waals surface area contributed by atoms with Crippen LogP contribution in [0.15, 0.2) is 48.5 Å². The molecule has 2 atom stereocenters. The Morgan fingerprint density at radius 3 is 2.21 bits per heavy atom. The lowest BCUT2D eigenvalue weighted by Gasteiger charge is -2.07. The third-order valence-corrected chi connectivity index (χ3v) is 4.42. The van der Waals surface area contributed by atoms with Crippen molar-refractivity contribution in [2.45, 2.75) is 19.8 Å². The van der Waals surface area contributed by atoms with Gasteiger partial charge < -0.3 is 10.6 Å². The number of hydrogen-bond acceptors (Lipinski definition) is 2. The molecule has 0 aromatic heterocycles. The van der Waals surface area contributed by atoms with E-state index in [1.54, 1.807) is 24.3 Å². The van der Waals surface area contributed by atoms with E-state index in [9.17, 15) is 9.59 Å². The maximum atomic E-state index is 12.2. The number of anilines is 2. The Balaban J connectivity index is 1.53. The number of hydrogen-bond donors (Lipinski definition) is 2. The molecule has 1 aliphatic rings. The molecule has 2 amide bonds. The van der Waals surface area contributed by atoms with Gasteiger partial charge in [0.05, 0.1) is 11.8 Å².